The number of hydrogen-bond acceptors (Lipinski definition) is 4. The first kappa shape index (κ1) is 21.5. The summed E-state index contributed by atoms with van der Waals surface area (Å²) >= 11 is 0. The third kappa shape index (κ3) is 5.16. The van der Waals surface area contributed by atoms with E-state index >= 15 is 0 Å². The molecule has 2 aromatic carbocycles. The number of benzene rings is 2. The molecule has 3 atom stereocenters. The molecule has 2 N–H and O–H groups in total. The van der Waals surface area contributed by atoms with Gasteiger partial charge in [0, 0.05) is 24.3 Å². The molecule has 1 aliphatic carbocycles. The van der Waals surface area contributed by atoms with Crippen molar-refractivity contribution in [2.45, 2.75) is 69.6 Å². The van der Waals surface area contributed by atoms with E-state index in [0.717, 1.165) is 51.0 Å². The molecule has 32 heavy (non-hydrogen) atoms. The molecule has 0 spiro atoms. The molecule has 5 nitrogen and oxygen atoms in total. The van der Waals surface area contributed by atoms with Crippen LogP contribution in [0.15, 0.2) is 42.5 Å². The summed E-state index contributed by atoms with van der Waals surface area (Å²) in [6.07, 6.45) is 9.11. The number of rotatable bonds is 6. The predicted molar refractivity (Wildman–Crippen MR) is 125 cm³/mol. The first-order chi connectivity index (χ1) is 15.7. The Hall–Kier alpha value is -2.37. The second-order valence-electron chi connectivity index (χ2n) is 9.41. The van der Waals surface area contributed by atoms with Crippen molar-refractivity contribution >= 4 is 5.91 Å². The van der Waals surface area contributed by atoms with Crippen LogP contribution >= 0.6 is 0 Å². The largest absolute Gasteiger partial charge is 0.491 e. The number of nitrogens with one attached hydrogen (secondary N) is 2. The molecule has 0 bridgehead atoms. The number of ether oxygens (including phenoxy) is 2. The molecule has 1 unspecified atom stereocenters. The Kier molecular flexibility index (Phi) is 6.75. The summed E-state index contributed by atoms with van der Waals surface area (Å²) in [6.45, 7) is 2.53. The number of hydrogen-bond donors (Lipinski definition) is 2. The molecule has 5 rings (SSSR count). The van der Waals surface area contributed by atoms with Crippen molar-refractivity contribution < 1.29 is 14.3 Å². The lowest BCUT2D eigenvalue weighted by molar-refractivity contribution is 0.0679. The summed E-state index contributed by atoms with van der Waals surface area (Å²) in [7, 11) is 0. The Bertz CT molecular complexity index is 915. The molecule has 5 heteroatoms. The fourth-order valence-corrected chi connectivity index (χ4v) is 5.19. The Morgan fingerprint density at radius 1 is 1.03 bits per heavy atom. The molecule has 170 valence electrons. The van der Waals surface area contributed by atoms with Crippen molar-refractivity contribution in [3.05, 3.63) is 64.7 Å². The van der Waals surface area contributed by atoms with Crippen molar-refractivity contribution in [3.63, 3.8) is 0 Å². The SMILES string of the molecule is O=C(NC1CCc2cc([C@@H]3CCCCN3)ccc2C1)c1ccc(OC[C@@H]2CCCO2)cc1. The van der Waals surface area contributed by atoms with Gasteiger partial charge in [0.05, 0.1) is 6.10 Å². The van der Waals surface area contributed by atoms with Crippen LogP contribution in [0.3, 0.4) is 0 Å². The number of piperidine rings is 1. The van der Waals surface area contributed by atoms with E-state index in [1.165, 1.54) is 36.0 Å². The van der Waals surface area contributed by atoms with Gasteiger partial charge in [0.15, 0.2) is 0 Å². The summed E-state index contributed by atoms with van der Waals surface area (Å²) < 4.78 is 11.4. The lowest BCUT2D eigenvalue weighted by atomic mass is 9.85. The summed E-state index contributed by atoms with van der Waals surface area (Å²) in [5.74, 6) is 0.777. The van der Waals surface area contributed by atoms with Crippen LogP contribution in [0.2, 0.25) is 0 Å². The second kappa shape index (κ2) is 10.1. The Morgan fingerprint density at radius 3 is 2.72 bits per heavy atom. The number of aryl methyl sites for hydroxylation is 1. The van der Waals surface area contributed by atoms with Crippen LogP contribution in [0.25, 0.3) is 0 Å². The molecular formula is C27H34N2O3. The van der Waals surface area contributed by atoms with Crippen molar-refractivity contribution in [1.29, 1.82) is 0 Å². The quantitative estimate of drug-likeness (QED) is 0.710. The van der Waals surface area contributed by atoms with Crippen molar-refractivity contribution in [2.75, 3.05) is 19.8 Å². The van der Waals surface area contributed by atoms with Crippen LogP contribution in [0.5, 0.6) is 5.75 Å². The molecule has 2 aromatic rings. The summed E-state index contributed by atoms with van der Waals surface area (Å²) in [5.41, 5.74) is 4.93. The van der Waals surface area contributed by atoms with E-state index in [1.807, 2.05) is 24.3 Å². The minimum Gasteiger partial charge on any atom is -0.491 e. The van der Waals surface area contributed by atoms with Gasteiger partial charge < -0.3 is 20.1 Å². The lowest BCUT2D eigenvalue weighted by Crippen LogP contribution is -2.39. The predicted octanol–water partition coefficient (Wildman–Crippen LogP) is 4.35. The van der Waals surface area contributed by atoms with Crippen LogP contribution in [0.4, 0.5) is 0 Å². The van der Waals surface area contributed by atoms with Crippen molar-refractivity contribution in [1.82, 2.24) is 10.6 Å². The first-order valence-electron chi connectivity index (χ1n) is 12.2. The fraction of sp³-hybridized carbons (Fsp3) is 0.519. The topological polar surface area (TPSA) is 59.6 Å². The maximum atomic E-state index is 12.8. The van der Waals surface area contributed by atoms with E-state index in [1.54, 1.807) is 0 Å². The number of carbonyl (C=O) groups is 1. The van der Waals surface area contributed by atoms with Gasteiger partial charge in [-0.3, -0.25) is 4.79 Å². The minimum absolute atomic E-state index is 0.00727. The van der Waals surface area contributed by atoms with E-state index < -0.39 is 0 Å². The minimum atomic E-state index is -0.00727. The van der Waals surface area contributed by atoms with Gasteiger partial charge in [-0.15, -0.1) is 0 Å². The van der Waals surface area contributed by atoms with Gasteiger partial charge in [-0.2, -0.15) is 0 Å². The van der Waals surface area contributed by atoms with E-state index in [-0.39, 0.29) is 18.1 Å². The summed E-state index contributed by atoms with van der Waals surface area (Å²) in [4.78, 5) is 12.8. The molecule has 1 amide bonds. The zero-order valence-corrected chi connectivity index (χ0v) is 18.8. The summed E-state index contributed by atoms with van der Waals surface area (Å²) in [6, 6.07) is 15.1. The Labute approximate surface area is 190 Å². The van der Waals surface area contributed by atoms with Crippen LogP contribution in [0, 0.1) is 0 Å². The average molecular weight is 435 g/mol. The molecule has 2 fully saturated rings. The molecule has 3 aliphatic rings. The maximum Gasteiger partial charge on any atom is 0.251 e. The molecule has 0 radical (unpaired) electrons. The van der Waals surface area contributed by atoms with Gasteiger partial charge in [-0.25, -0.2) is 0 Å². The molecule has 2 heterocycles. The number of carbonyl (C=O) groups excluding carboxylic acids is 1. The zero-order chi connectivity index (χ0) is 21.8. The molecule has 2 saturated heterocycles. The van der Waals surface area contributed by atoms with Gasteiger partial charge in [-0.1, -0.05) is 24.6 Å². The Morgan fingerprint density at radius 2 is 1.94 bits per heavy atom. The zero-order valence-electron chi connectivity index (χ0n) is 18.8. The third-order valence-corrected chi connectivity index (χ3v) is 7.08. The van der Waals surface area contributed by atoms with E-state index in [2.05, 4.69) is 28.8 Å². The molecule has 2 aliphatic heterocycles. The highest BCUT2D eigenvalue weighted by Gasteiger charge is 2.23. The monoisotopic (exact) mass is 434 g/mol. The van der Waals surface area contributed by atoms with Gasteiger partial charge in [0.2, 0.25) is 0 Å². The normalized spacial score (nSPS) is 25.2. The highest BCUT2D eigenvalue weighted by molar-refractivity contribution is 5.94. The standard InChI is InChI=1S/C27H34N2O3/c30-27(19-9-12-24(13-10-19)32-18-25-4-3-15-31-25)29-23-11-8-20-16-22(7-6-21(20)17-23)26-5-1-2-14-28-26/h6-7,9-10,12-13,16,23,25-26,28H,1-5,8,11,14-15,17-18H2,(H,29,30)/t23?,25-,26-/m0/s1. The van der Waals surface area contributed by atoms with E-state index in [9.17, 15) is 4.79 Å². The number of amides is 1. The summed E-state index contributed by atoms with van der Waals surface area (Å²) in [5, 5.41) is 6.89. The van der Waals surface area contributed by atoms with E-state index in [4.69, 9.17) is 9.47 Å². The maximum absolute atomic E-state index is 12.8. The van der Waals surface area contributed by atoms with Gasteiger partial charge in [-0.05, 0) is 92.4 Å². The van der Waals surface area contributed by atoms with Crippen LogP contribution in [0.1, 0.15) is 71.6 Å². The molecule has 0 saturated carbocycles. The van der Waals surface area contributed by atoms with E-state index in [0.29, 0.717) is 18.2 Å². The lowest BCUT2D eigenvalue weighted by Gasteiger charge is -2.28. The van der Waals surface area contributed by atoms with Crippen LogP contribution in [-0.2, 0) is 17.6 Å². The highest BCUT2D eigenvalue weighted by Crippen LogP contribution is 2.28. The Balaban J connectivity index is 1.14. The first-order valence-corrected chi connectivity index (χ1v) is 12.2. The van der Waals surface area contributed by atoms with Crippen LogP contribution < -0.4 is 15.4 Å². The van der Waals surface area contributed by atoms with Crippen LogP contribution in [-0.4, -0.2) is 37.8 Å². The van der Waals surface area contributed by atoms with Gasteiger partial charge >= 0.3 is 0 Å². The van der Waals surface area contributed by atoms with Crippen molar-refractivity contribution in [2.24, 2.45) is 0 Å². The third-order valence-electron chi connectivity index (χ3n) is 7.08. The number of fused-ring (bicyclic) bond motifs is 1. The van der Waals surface area contributed by atoms with Crippen molar-refractivity contribution in [3.8, 4) is 5.75 Å². The van der Waals surface area contributed by atoms with Gasteiger partial charge in [0.25, 0.3) is 5.91 Å². The molecular weight excluding hydrogens is 400 g/mol. The van der Waals surface area contributed by atoms with Gasteiger partial charge in [0.1, 0.15) is 12.4 Å². The fourth-order valence-electron chi connectivity index (χ4n) is 5.19. The second-order valence-corrected chi connectivity index (χ2v) is 9.41. The highest BCUT2D eigenvalue weighted by atomic mass is 16.5. The average Bonchev–Trinajstić information content (AvgIpc) is 3.37. The molecule has 0 aromatic heterocycles. The smallest absolute Gasteiger partial charge is 0.251 e.